The molecule has 1 fully saturated rings. The Kier molecular flexibility index (Phi) is 4.19. The molecule has 1 aromatic rings. The van der Waals surface area contributed by atoms with E-state index < -0.39 is 10.0 Å². The molecular formula is C15H22N2O3S. The Morgan fingerprint density at radius 2 is 2.14 bits per heavy atom. The van der Waals surface area contributed by atoms with Crippen molar-refractivity contribution in [2.24, 2.45) is 0 Å². The van der Waals surface area contributed by atoms with Crippen molar-refractivity contribution in [2.75, 3.05) is 25.0 Å². The third kappa shape index (κ3) is 2.80. The van der Waals surface area contributed by atoms with E-state index >= 15 is 0 Å². The molecule has 0 bridgehead atoms. The molecule has 0 spiro atoms. The van der Waals surface area contributed by atoms with E-state index in [4.69, 9.17) is 0 Å². The Hall–Kier alpha value is -1.11. The zero-order chi connectivity index (χ0) is 14.9. The van der Waals surface area contributed by atoms with Crippen molar-refractivity contribution in [1.29, 1.82) is 0 Å². The number of hydrogen-bond donors (Lipinski definition) is 2. The normalized spacial score (nSPS) is 23.4. The highest BCUT2D eigenvalue weighted by atomic mass is 32.2. The second kappa shape index (κ2) is 5.94. The lowest BCUT2D eigenvalue weighted by atomic mass is 10.0. The van der Waals surface area contributed by atoms with Gasteiger partial charge >= 0.3 is 0 Å². The van der Waals surface area contributed by atoms with Crippen molar-refractivity contribution in [2.45, 2.75) is 43.0 Å². The molecule has 2 heterocycles. The lowest BCUT2D eigenvalue weighted by molar-refractivity contribution is 0.155. The molecule has 0 aliphatic carbocycles. The molecule has 1 saturated heterocycles. The number of hydrogen-bond acceptors (Lipinski definition) is 4. The number of sulfonamides is 1. The maximum atomic E-state index is 12.8. The third-order valence-electron chi connectivity index (χ3n) is 4.41. The van der Waals surface area contributed by atoms with E-state index in [1.807, 2.05) is 6.07 Å². The van der Waals surface area contributed by atoms with Gasteiger partial charge < -0.3 is 10.4 Å². The predicted octanol–water partition coefficient (Wildman–Crippen LogP) is 1.58. The van der Waals surface area contributed by atoms with E-state index in [9.17, 15) is 13.5 Å². The summed E-state index contributed by atoms with van der Waals surface area (Å²) in [5, 5.41) is 12.7. The average molecular weight is 310 g/mol. The van der Waals surface area contributed by atoms with Crippen LogP contribution in [0.25, 0.3) is 0 Å². The minimum atomic E-state index is -3.51. The summed E-state index contributed by atoms with van der Waals surface area (Å²) in [7, 11) is -3.51. The number of nitrogens with one attached hydrogen (secondary N) is 1. The summed E-state index contributed by atoms with van der Waals surface area (Å²) in [6.07, 6.45) is 4.52. The predicted molar refractivity (Wildman–Crippen MR) is 81.9 cm³/mol. The molecule has 3 rings (SSSR count). The van der Waals surface area contributed by atoms with E-state index in [1.165, 1.54) is 4.31 Å². The highest BCUT2D eigenvalue weighted by Gasteiger charge is 2.33. The number of fused-ring (bicyclic) bond motifs is 1. The van der Waals surface area contributed by atoms with Gasteiger partial charge in [0.25, 0.3) is 0 Å². The SMILES string of the molecule is O=S(=O)(c1ccc2c(c1)CCCN2)N1CCCCC1CO. The monoisotopic (exact) mass is 310 g/mol. The van der Waals surface area contributed by atoms with E-state index in [0.717, 1.165) is 49.9 Å². The zero-order valence-corrected chi connectivity index (χ0v) is 12.9. The summed E-state index contributed by atoms with van der Waals surface area (Å²) in [5.41, 5.74) is 2.11. The van der Waals surface area contributed by atoms with Crippen LogP contribution in [0.1, 0.15) is 31.2 Å². The standard InChI is InChI=1S/C15H22N2O3S/c18-11-13-5-1-2-9-17(13)21(19,20)14-6-7-15-12(10-14)4-3-8-16-15/h6-7,10,13,16,18H,1-5,8-9,11H2. The van der Waals surface area contributed by atoms with Gasteiger partial charge in [0.05, 0.1) is 11.5 Å². The number of aliphatic hydroxyl groups excluding tert-OH is 1. The summed E-state index contributed by atoms with van der Waals surface area (Å²) in [5.74, 6) is 0. The van der Waals surface area contributed by atoms with Crippen molar-refractivity contribution in [1.82, 2.24) is 4.31 Å². The molecule has 1 aromatic carbocycles. The van der Waals surface area contributed by atoms with Gasteiger partial charge in [0.1, 0.15) is 0 Å². The highest BCUT2D eigenvalue weighted by Crippen LogP contribution is 2.29. The number of anilines is 1. The summed E-state index contributed by atoms with van der Waals surface area (Å²) in [4.78, 5) is 0.352. The van der Waals surface area contributed by atoms with Crippen LogP contribution in [0.3, 0.4) is 0 Å². The molecule has 116 valence electrons. The van der Waals surface area contributed by atoms with Crippen LogP contribution in [-0.2, 0) is 16.4 Å². The molecule has 2 aliphatic rings. The Bertz CT molecular complexity index is 615. The first-order valence-electron chi connectivity index (χ1n) is 7.62. The van der Waals surface area contributed by atoms with Gasteiger partial charge in [0.2, 0.25) is 10.0 Å². The Labute approximate surface area is 126 Å². The van der Waals surface area contributed by atoms with E-state index in [1.54, 1.807) is 12.1 Å². The number of piperidine rings is 1. The van der Waals surface area contributed by atoms with Crippen molar-refractivity contribution >= 4 is 15.7 Å². The first kappa shape index (κ1) is 14.8. The van der Waals surface area contributed by atoms with Crippen molar-refractivity contribution in [3.8, 4) is 0 Å². The minimum Gasteiger partial charge on any atom is -0.395 e. The molecule has 2 N–H and O–H groups in total. The second-order valence-corrected chi connectivity index (χ2v) is 7.69. The Morgan fingerprint density at radius 1 is 1.29 bits per heavy atom. The maximum Gasteiger partial charge on any atom is 0.243 e. The fraction of sp³-hybridized carbons (Fsp3) is 0.600. The van der Waals surface area contributed by atoms with Gasteiger partial charge in [-0.25, -0.2) is 8.42 Å². The summed E-state index contributed by atoms with van der Waals surface area (Å²) < 4.78 is 27.2. The minimum absolute atomic E-state index is 0.105. The molecule has 0 radical (unpaired) electrons. The largest absolute Gasteiger partial charge is 0.395 e. The number of aryl methyl sites for hydroxylation is 1. The molecule has 1 unspecified atom stereocenters. The lowest BCUT2D eigenvalue weighted by Gasteiger charge is -2.33. The molecule has 21 heavy (non-hydrogen) atoms. The van der Waals surface area contributed by atoms with Gasteiger partial charge in [-0.3, -0.25) is 0 Å². The topological polar surface area (TPSA) is 69.6 Å². The van der Waals surface area contributed by atoms with Gasteiger partial charge in [-0.05, 0) is 49.4 Å². The first-order valence-corrected chi connectivity index (χ1v) is 9.06. The van der Waals surface area contributed by atoms with Crippen LogP contribution < -0.4 is 5.32 Å². The lowest BCUT2D eigenvalue weighted by Crippen LogP contribution is -2.45. The van der Waals surface area contributed by atoms with Gasteiger partial charge in [0.15, 0.2) is 0 Å². The van der Waals surface area contributed by atoms with Crippen LogP contribution in [-0.4, -0.2) is 43.6 Å². The van der Waals surface area contributed by atoms with Crippen LogP contribution in [0, 0.1) is 0 Å². The number of rotatable bonds is 3. The number of nitrogens with zero attached hydrogens (tertiary/aromatic N) is 1. The van der Waals surface area contributed by atoms with Crippen LogP contribution in [0.2, 0.25) is 0 Å². The number of benzene rings is 1. The first-order chi connectivity index (χ1) is 10.1. The summed E-state index contributed by atoms with van der Waals surface area (Å²) in [6.45, 7) is 1.34. The van der Waals surface area contributed by atoms with Crippen molar-refractivity contribution < 1.29 is 13.5 Å². The third-order valence-corrected chi connectivity index (χ3v) is 6.35. The molecule has 0 saturated carbocycles. The smallest absolute Gasteiger partial charge is 0.243 e. The van der Waals surface area contributed by atoms with E-state index in [-0.39, 0.29) is 12.6 Å². The van der Waals surface area contributed by atoms with E-state index in [2.05, 4.69) is 5.32 Å². The Morgan fingerprint density at radius 3 is 2.95 bits per heavy atom. The van der Waals surface area contributed by atoms with Crippen LogP contribution in [0.15, 0.2) is 23.1 Å². The van der Waals surface area contributed by atoms with Crippen molar-refractivity contribution in [3.05, 3.63) is 23.8 Å². The zero-order valence-electron chi connectivity index (χ0n) is 12.1. The quantitative estimate of drug-likeness (QED) is 0.889. The molecule has 0 aromatic heterocycles. The maximum absolute atomic E-state index is 12.8. The molecule has 2 aliphatic heterocycles. The molecule has 1 atom stereocenters. The average Bonchev–Trinajstić information content (AvgIpc) is 2.54. The molecular weight excluding hydrogens is 288 g/mol. The van der Waals surface area contributed by atoms with Gasteiger partial charge in [0, 0.05) is 24.8 Å². The highest BCUT2D eigenvalue weighted by molar-refractivity contribution is 7.89. The fourth-order valence-electron chi connectivity index (χ4n) is 3.22. The Balaban J connectivity index is 1.94. The van der Waals surface area contributed by atoms with Crippen molar-refractivity contribution in [3.63, 3.8) is 0 Å². The van der Waals surface area contributed by atoms with Crippen LogP contribution >= 0.6 is 0 Å². The fourth-order valence-corrected chi connectivity index (χ4v) is 4.96. The van der Waals surface area contributed by atoms with Gasteiger partial charge in [-0.15, -0.1) is 0 Å². The van der Waals surface area contributed by atoms with Gasteiger partial charge in [-0.2, -0.15) is 4.31 Å². The molecule has 0 amide bonds. The molecule has 6 heteroatoms. The van der Waals surface area contributed by atoms with E-state index in [0.29, 0.717) is 11.4 Å². The summed E-state index contributed by atoms with van der Waals surface area (Å²) >= 11 is 0. The summed E-state index contributed by atoms with van der Waals surface area (Å²) in [6, 6.07) is 5.05. The second-order valence-electron chi connectivity index (χ2n) is 5.80. The van der Waals surface area contributed by atoms with Crippen LogP contribution in [0.4, 0.5) is 5.69 Å². The number of aliphatic hydroxyl groups is 1. The molecule has 5 nitrogen and oxygen atoms in total. The van der Waals surface area contributed by atoms with Gasteiger partial charge in [-0.1, -0.05) is 6.42 Å². The van der Waals surface area contributed by atoms with Crippen LogP contribution in [0.5, 0.6) is 0 Å².